The summed E-state index contributed by atoms with van der Waals surface area (Å²) >= 11 is 8.14. The molecule has 0 saturated heterocycles. The average molecular weight is 334 g/mol. The fraction of sp³-hybridized carbons (Fsp3) is 0.100. The van der Waals surface area contributed by atoms with Crippen LogP contribution < -0.4 is 5.73 Å². The van der Waals surface area contributed by atoms with Crippen LogP contribution in [0.15, 0.2) is 30.7 Å². The standard InChI is InChI=1S/C10H9ClIN3/c11-7-1-2-10(9(12)3-7)15-6-14-5-8(15)4-13/h1-3,5-6H,4,13H2. The van der Waals surface area contributed by atoms with Gasteiger partial charge >= 0.3 is 0 Å². The van der Waals surface area contributed by atoms with Gasteiger partial charge in [0, 0.05) is 21.3 Å². The Labute approximate surface area is 106 Å². The summed E-state index contributed by atoms with van der Waals surface area (Å²) in [5, 5.41) is 0.734. The van der Waals surface area contributed by atoms with Crippen LogP contribution in [-0.2, 0) is 6.54 Å². The maximum absolute atomic E-state index is 5.90. The van der Waals surface area contributed by atoms with E-state index < -0.39 is 0 Å². The van der Waals surface area contributed by atoms with E-state index in [9.17, 15) is 0 Å². The molecular weight excluding hydrogens is 324 g/mol. The van der Waals surface area contributed by atoms with Crippen molar-refractivity contribution in [2.75, 3.05) is 0 Å². The highest BCUT2D eigenvalue weighted by atomic mass is 127. The number of aromatic nitrogens is 2. The number of imidazole rings is 1. The van der Waals surface area contributed by atoms with Gasteiger partial charge in [0.05, 0.1) is 17.7 Å². The highest BCUT2D eigenvalue weighted by Gasteiger charge is 2.06. The normalized spacial score (nSPS) is 10.6. The first kappa shape index (κ1) is 10.9. The number of rotatable bonds is 2. The fourth-order valence-electron chi connectivity index (χ4n) is 1.37. The number of nitrogens with two attached hydrogens (primary N) is 1. The molecule has 1 heterocycles. The van der Waals surface area contributed by atoms with Gasteiger partial charge in [-0.15, -0.1) is 0 Å². The van der Waals surface area contributed by atoms with Gasteiger partial charge in [-0.25, -0.2) is 4.98 Å². The Balaban J connectivity index is 2.54. The maximum atomic E-state index is 5.90. The summed E-state index contributed by atoms with van der Waals surface area (Å²) < 4.78 is 3.05. The quantitative estimate of drug-likeness (QED) is 0.859. The van der Waals surface area contributed by atoms with Crippen molar-refractivity contribution in [1.29, 1.82) is 0 Å². The molecule has 2 rings (SSSR count). The lowest BCUT2D eigenvalue weighted by Gasteiger charge is -2.08. The van der Waals surface area contributed by atoms with Gasteiger partial charge in [0.15, 0.2) is 0 Å². The first-order chi connectivity index (χ1) is 7.22. The highest BCUT2D eigenvalue weighted by molar-refractivity contribution is 14.1. The minimum Gasteiger partial charge on any atom is -0.325 e. The summed E-state index contributed by atoms with van der Waals surface area (Å²) in [7, 11) is 0. The second kappa shape index (κ2) is 4.51. The van der Waals surface area contributed by atoms with Crippen molar-refractivity contribution >= 4 is 34.2 Å². The molecule has 0 aliphatic heterocycles. The van der Waals surface area contributed by atoms with Crippen LogP contribution in [0.3, 0.4) is 0 Å². The van der Waals surface area contributed by atoms with Gasteiger partial charge in [-0.2, -0.15) is 0 Å². The van der Waals surface area contributed by atoms with Gasteiger partial charge in [-0.05, 0) is 40.8 Å². The molecule has 0 radical (unpaired) electrons. The summed E-state index contributed by atoms with van der Waals surface area (Å²) in [5.74, 6) is 0. The number of hydrogen-bond acceptors (Lipinski definition) is 2. The van der Waals surface area contributed by atoms with Crippen LogP contribution in [0, 0.1) is 3.57 Å². The van der Waals surface area contributed by atoms with E-state index >= 15 is 0 Å². The van der Waals surface area contributed by atoms with E-state index in [1.54, 1.807) is 12.5 Å². The highest BCUT2D eigenvalue weighted by Crippen LogP contribution is 2.22. The van der Waals surface area contributed by atoms with E-state index in [-0.39, 0.29) is 0 Å². The summed E-state index contributed by atoms with van der Waals surface area (Å²) in [6, 6.07) is 5.74. The van der Waals surface area contributed by atoms with Crippen LogP contribution in [0.1, 0.15) is 5.69 Å². The largest absolute Gasteiger partial charge is 0.325 e. The van der Waals surface area contributed by atoms with Gasteiger partial charge in [0.2, 0.25) is 0 Å². The Morgan fingerprint density at radius 3 is 2.93 bits per heavy atom. The Bertz CT molecular complexity index is 481. The number of hydrogen-bond donors (Lipinski definition) is 1. The molecule has 3 nitrogen and oxygen atoms in total. The molecule has 1 aromatic heterocycles. The predicted molar refractivity (Wildman–Crippen MR) is 69.2 cm³/mol. The van der Waals surface area contributed by atoms with Crippen molar-refractivity contribution in [2.45, 2.75) is 6.54 Å². The molecule has 15 heavy (non-hydrogen) atoms. The first-order valence-electron chi connectivity index (χ1n) is 4.39. The second-order valence-electron chi connectivity index (χ2n) is 3.05. The molecule has 0 spiro atoms. The van der Waals surface area contributed by atoms with Crippen molar-refractivity contribution in [3.05, 3.63) is 45.0 Å². The van der Waals surface area contributed by atoms with Gasteiger partial charge in [-0.3, -0.25) is 0 Å². The number of nitrogens with zero attached hydrogens (tertiary/aromatic N) is 2. The number of halogens is 2. The third-order valence-corrected chi connectivity index (χ3v) is 3.19. The molecule has 0 atom stereocenters. The Morgan fingerprint density at radius 1 is 1.47 bits per heavy atom. The molecular formula is C10H9ClIN3. The predicted octanol–water partition coefficient (Wildman–Crippen LogP) is 2.59. The van der Waals surface area contributed by atoms with Crippen LogP contribution in [0.25, 0.3) is 5.69 Å². The minimum atomic E-state index is 0.471. The Morgan fingerprint density at radius 2 is 2.27 bits per heavy atom. The van der Waals surface area contributed by atoms with Crippen molar-refractivity contribution in [2.24, 2.45) is 5.73 Å². The molecule has 2 N–H and O–H groups in total. The molecule has 0 aliphatic carbocycles. The third kappa shape index (κ3) is 2.16. The Hall–Kier alpha value is -0.590. The monoisotopic (exact) mass is 333 g/mol. The van der Waals surface area contributed by atoms with Gasteiger partial charge in [0.1, 0.15) is 0 Å². The van der Waals surface area contributed by atoms with E-state index in [0.717, 1.165) is 20.0 Å². The van der Waals surface area contributed by atoms with E-state index in [2.05, 4.69) is 27.6 Å². The van der Waals surface area contributed by atoms with Crippen molar-refractivity contribution < 1.29 is 0 Å². The molecule has 1 aromatic carbocycles. The second-order valence-corrected chi connectivity index (χ2v) is 4.65. The van der Waals surface area contributed by atoms with Crippen LogP contribution in [0.5, 0.6) is 0 Å². The molecule has 0 amide bonds. The molecule has 0 saturated carbocycles. The summed E-state index contributed by atoms with van der Waals surface area (Å²) in [5.41, 5.74) is 7.66. The maximum Gasteiger partial charge on any atom is 0.0994 e. The summed E-state index contributed by atoms with van der Waals surface area (Å²) in [6.07, 6.45) is 3.53. The molecule has 2 aromatic rings. The molecule has 0 unspecified atom stereocenters. The average Bonchev–Trinajstić information content (AvgIpc) is 2.65. The molecule has 0 bridgehead atoms. The van der Waals surface area contributed by atoms with E-state index in [1.807, 2.05) is 22.8 Å². The van der Waals surface area contributed by atoms with Crippen LogP contribution in [-0.4, -0.2) is 9.55 Å². The topological polar surface area (TPSA) is 43.8 Å². The summed E-state index contributed by atoms with van der Waals surface area (Å²) in [4.78, 5) is 4.08. The van der Waals surface area contributed by atoms with Crippen LogP contribution in [0.4, 0.5) is 0 Å². The lowest BCUT2D eigenvalue weighted by atomic mass is 10.3. The first-order valence-corrected chi connectivity index (χ1v) is 5.84. The van der Waals surface area contributed by atoms with Gasteiger partial charge in [0.25, 0.3) is 0 Å². The lowest BCUT2D eigenvalue weighted by Crippen LogP contribution is -2.05. The van der Waals surface area contributed by atoms with Crippen LogP contribution >= 0.6 is 34.2 Å². The van der Waals surface area contributed by atoms with Gasteiger partial charge < -0.3 is 10.3 Å². The van der Waals surface area contributed by atoms with Crippen molar-refractivity contribution in [3.8, 4) is 5.69 Å². The zero-order chi connectivity index (χ0) is 10.8. The molecule has 0 fully saturated rings. The zero-order valence-corrected chi connectivity index (χ0v) is 10.7. The molecule has 78 valence electrons. The summed E-state index contributed by atoms with van der Waals surface area (Å²) in [6.45, 7) is 0.471. The van der Waals surface area contributed by atoms with E-state index in [4.69, 9.17) is 17.3 Å². The SMILES string of the molecule is NCc1cncn1-c1ccc(Cl)cc1I. The Kier molecular flexibility index (Phi) is 3.28. The van der Waals surface area contributed by atoms with Crippen molar-refractivity contribution in [1.82, 2.24) is 9.55 Å². The zero-order valence-electron chi connectivity index (χ0n) is 7.82. The van der Waals surface area contributed by atoms with Gasteiger partial charge in [-0.1, -0.05) is 11.6 Å². The lowest BCUT2D eigenvalue weighted by molar-refractivity contribution is 0.906. The number of benzene rings is 1. The fourth-order valence-corrected chi connectivity index (χ4v) is 2.50. The minimum absolute atomic E-state index is 0.471. The third-order valence-electron chi connectivity index (χ3n) is 2.09. The van der Waals surface area contributed by atoms with E-state index in [0.29, 0.717) is 6.54 Å². The van der Waals surface area contributed by atoms with E-state index in [1.165, 1.54) is 0 Å². The molecule has 5 heteroatoms. The molecule has 0 aliphatic rings. The smallest absolute Gasteiger partial charge is 0.0994 e. The van der Waals surface area contributed by atoms with Crippen molar-refractivity contribution in [3.63, 3.8) is 0 Å². The van der Waals surface area contributed by atoms with Crippen LogP contribution in [0.2, 0.25) is 5.02 Å².